The van der Waals surface area contributed by atoms with Crippen molar-refractivity contribution in [3.63, 3.8) is 0 Å². The molecule has 4 heterocycles. The van der Waals surface area contributed by atoms with Crippen molar-refractivity contribution in [3.05, 3.63) is 116 Å². The van der Waals surface area contributed by atoms with Gasteiger partial charge in [-0.3, -0.25) is 9.36 Å². The number of hydrogen-bond acceptors (Lipinski definition) is 8. The first-order valence-electron chi connectivity index (χ1n) is 21.3. The lowest BCUT2D eigenvalue weighted by atomic mass is 9.98. The monoisotopic (exact) mass is 1050 g/mol. The number of amides is 4. The van der Waals surface area contributed by atoms with Gasteiger partial charge in [0.25, 0.3) is 0 Å². The predicted octanol–water partition coefficient (Wildman–Crippen LogP) is 11.4. The number of rotatable bonds is 12. The number of halogens is 4. The Balaban J connectivity index is 0.000000194. The maximum Gasteiger partial charge on any atom is 0.323 e. The number of anilines is 4. The molecule has 8 rings (SSSR count). The van der Waals surface area contributed by atoms with Crippen molar-refractivity contribution in [1.82, 2.24) is 29.8 Å². The Morgan fingerprint density at radius 1 is 0.615 bits per heavy atom. The van der Waals surface area contributed by atoms with E-state index in [9.17, 15) is 9.59 Å². The van der Waals surface area contributed by atoms with Gasteiger partial charge in [0.1, 0.15) is 11.5 Å². The number of urea groups is 2. The molecule has 2 saturated heterocycles. The number of ether oxygens (including phenoxy) is 2. The summed E-state index contributed by atoms with van der Waals surface area (Å²) in [5.74, 6) is 2.59. The zero-order valence-electron chi connectivity index (χ0n) is 36.3. The van der Waals surface area contributed by atoms with E-state index >= 15 is 0 Å². The molecule has 0 spiro atoms. The van der Waals surface area contributed by atoms with Crippen LogP contribution in [-0.2, 0) is 14.1 Å². The van der Waals surface area contributed by atoms with E-state index in [2.05, 4.69) is 80.6 Å². The molecule has 2 aromatic heterocycles. The molecule has 14 nitrogen and oxygen atoms in total. The first kappa shape index (κ1) is 47.9. The van der Waals surface area contributed by atoms with Crippen LogP contribution in [0.5, 0.6) is 11.5 Å². The first-order chi connectivity index (χ1) is 31.4. The van der Waals surface area contributed by atoms with Gasteiger partial charge >= 0.3 is 12.1 Å². The molecule has 0 bridgehead atoms. The SMILES string of the molecule is CN1CCC(COc2ccc(NC(=O)Nc3ccc(Cl)cc3)cc2-c2c(Br)cnn2C)CC1.Cn1ncc(Br)c1-c1cc(NC(=O)Nc2ccc(Cl)cc2)ccc1OCC1CCNCC1. The summed E-state index contributed by atoms with van der Waals surface area (Å²) in [5.41, 5.74) is 6.09. The Morgan fingerprint density at radius 2 is 1.00 bits per heavy atom. The molecule has 2 aliphatic heterocycles. The van der Waals surface area contributed by atoms with Gasteiger partial charge in [0.15, 0.2) is 0 Å². The Morgan fingerprint density at radius 3 is 1.40 bits per heavy atom. The lowest BCUT2D eigenvalue weighted by Gasteiger charge is -2.29. The summed E-state index contributed by atoms with van der Waals surface area (Å²) < 4.78 is 17.8. The Bertz CT molecular complexity index is 2500. The van der Waals surface area contributed by atoms with Crippen molar-refractivity contribution in [3.8, 4) is 34.0 Å². The van der Waals surface area contributed by atoms with Crippen LogP contribution in [0.1, 0.15) is 25.7 Å². The molecule has 0 saturated carbocycles. The van der Waals surface area contributed by atoms with Gasteiger partial charge in [0.05, 0.1) is 45.9 Å². The number of nitrogens with one attached hydrogen (secondary N) is 5. The van der Waals surface area contributed by atoms with Gasteiger partial charge in [0.2, 0.25) is 0 Å². The largest absolute Gasteiger partial charge is 0.493 e. The minimum absolute atomic E-state index is 0.340. The highest BCUT2D eigenvalue weighted by atomic mass is 79.9. The average Bonchev–Trinajstić information content (AvgIpc) is 3.82. The van der Waals surface area contributed by atoms with Crippen LogP contribution in [0.2, 0.25) is 10.0 Å². The molecule has 6 aromatic rings. The Hall–Kier alpha value is -5.10. The highest BCUT2D eigenvalue weighted by molar-refractivity contribution is 9.11. The Labute approximate surface area is 406 Å². The molecule has 18 heteroatoms. The van der Waals surface area contributed by atoms with E-state index in [-0.39, 0.29) is 12.1 Å². The molecule has 4 aromatic carbocycles. The number of hydrogen-bond donors (Lipinski definition) is 5. The first-order valence-corrected chi connectivity index (χ1v) is 23.7. The van der Waals surface area contributed by atoms with Crippen molar-refractivity contribution >= 4 is 89.9 Å². The fourth-order valence-corrected chi connectivity index (χ4v) is 8.99. The summed E-state index contributed by atoms with van der Waals surface area (Å²) >= 11 is 19.0. The summed E-state index contributed by atoms with van der Waals surface area (Å²) in [6.07, 6.45) is 7.98. The fraction of sp³-hybridized carbons (Fsp3) is 0.319. The summed E-state index contributed by atoms with van der Waals surface area (Å²) in [6.45, 7) is 5.58. The number of aryl methyl sites for hydroxylation is 2. The van der Waals surface area contributed by atoms with Crippen LogP contribution < -0.4 is 36.1 Å². The quantitative estimate of drug-likeness (QED) is 0.0813. The fourth-order valence-electron chi connectivity index (χ4n) is 7.61. The molecule has 342 valence electrons. The van der Waals surface area contributed by atoms with E-state index in [1.54, 1.807) is 70.3 Å². The van der Waals surface area contributed by atoms with Crippen LogP contribution in [0.3, 0.4) is 0 Å². The van der Waals surface area contributed by atoms with Crippen LogP contribution in [0.25, 0.3) is 22.5 Å². The second-order valence-corrected chi connectivity index (χ2v) is 18.7. The van der Waals surface area contributed by atoms with Crippen LogP contribution in [0, 0.1) is 11.8 Å². The summed E-state index contributed by atoms with van der Waals surface area (Å²) in [5, 5.41) is 24.7. The molecule has 2 aliphatic rings. The Kier molecular flexibility index (Phi) is 16.8. The molecular formula is C47H52Br2Cl2N10O4. The molecule has 0 unspecified atom stereocenters. The number of carbonyl (C=O) groups excluding carboxylic acids is 2. The topological polar surface area (TPSA) is 152 Å². The van der Waals surface area contributed by atoms with Crippen molar-refractivity contribution in [2.45, 2.75) is 25.7 Å². The number of nitrogens with zero attached hydrogens (tertiary/aromatic N) is 5. The molecule has 4 amide bonds. The zero-order chi connectivity index (χ0) is 45.9. The van der Waals surface area contributed by atoms with E-state index in [1.807, 2.05) is 50.5 Å². The molecule has 0 radical (unpaired) electrons. The minimum atomic E-state index is -0.342. The van der Waals surface area contributed by atoms with Crippen molar-refractivity contribution in [2.24, 2.45) is 25.9 Å². The highest BCUT2D eigenvalue weighted by Crippen LogP contribution is 2.39. The van der Waals surface area contributed by atoms with Gasteiger partial charge in [-0.05, 0) is 188 Å². The number of carbonyl (C=O) groups is 2. The molecular weight excluding hydrogens is 999 g/mol. The van der Waals surface area contributed by atoms with Crippen molar-refractivity contribution in [1.29, 1.82) is 0 Å². The standard InChI is InChI=1S/C24H27BrClN5O2.C23H25BrClN5O2/c1-30-11-9-16(10-12-30)15-33-22-8-7-19(13-20(22)23-21(25)14-27-31(23)2)29-24(32)28-18-5-3-17(26)4-6-18;1-30-22(20(24)13-27-30)19-12-18(29-23(31)28-17-4-2-16(25)3-5-17)6-7-21(19)32-14-15-8-10-26-11-9-15/h3-8,13-14,16H,9-12,15H2,1-2H3,(H2,28,29,32);2-7,12-13,15,26H,8-11,14H2,1H3,(H2,28,29,31). The van der Waals surface area contributed by atoms with Gasteiger partial charge in [-0.15, -0.1) is 0 Å². The van der Waals surface area contributed by atoms with Crippen LogP contribution in [0.4, 0.5) is 32.3 Å². The van der Waals surface area contributed by atoms with E-state index in [0.717, 1.165) is 94.8 Å². The van der Waals surface area contributed by atoms with E-state index in [4.69, 9.17) is 32.7 Å². The third kappa shape index (κ3) is 13.5. The van der Waals surface area contributed by atoms with Crippen LogP contribution in [0.15, 0.2) is 106 Å². The highest BCUT2D eigenvalue weighted by Gasteiger charge is 2.22. The number of likely N-dealkylation sites (tertiary alicyclic amines) is 1. The van der Waals surface area contributed by atoms with Gasteiger partial charge in [-0.2, -0.15) is 10.2 Å². The molecule has 5 N–H and O–H groups in total. The van der Waals surface area contributed by atoms with E-state index in [0.29, 0.717) is 57.8 Å². The molecule has 0 atom stereocenters. The van der Waals surface area contributed by atoms with Crippen molar-refractivity contribution < 1.29 is 19.1 Å². The van der Waals surface area contributed by atoms with Crippen LogP contribution in [-0.4, -0.2) is 83.0 Å². The predicted molar refractivity (Wildman–Crippen MR) is 268 cm³/mol. The summed E-state index contributed by atoms with van der Waals surface area (Å²) in [6, 6.07) is 24.5. The maximum absolute atomic E-state index is 12.5. The number of aromatic nitrogens is 4. The number of benzene rings is 4. The zero-order valence-corrected chi connectivity index (χ0v) is 41.0. The number of piperidine rings is 2. The van der Waals surface area contributed by atoms with Gasteiger partial charge < -0.3 is 41.0 Å². The molecule has 65 heavy (non-hydrogen) atoms. The molecule has 2 fully saturated rings. The van der Waals surface area contributed by atoms with Crippen LogP contribution >= 0.6 is 55.1 Å². The third-order valence-electron chi connectivity index (χ3n) is 11.2. The lowest BCUT2D eigenvalue weighted by Crippen LogP contribution is -2.32. The van der Waals surface area contributed by atoms with Crippen molar-refractivity contribution in [2.75, 3.05) is 67.7 Å². The van der Waals surface area contributed by atoms with Gasteiger partial charge in [-0.25, -0.2) is 9.59 Å². The molecule has 0 aliphatic carbocycles. The van der Waals surface area contributed by atoms with Gasteiger partial charge in [0, 0.05) is 58.0 Å². The lowest BCUT2D eigenvalue weighted by molar-refractivity contribution is 0.160. The third-order valence-corrected chi connectivity index (χ3v) is 12.9. The minimum Gasteiger partial charge on any atom is -0.493 e. The normalized spacial score (nSPS) is 14.5. The van der Waals surface area contributed by atoms with E-state index < -0.39 is 0 Å². The van der Waals surface area contributed by atoms with Gasteiger partial charge in [-0.1, -0.05) is 23.2 Å². The smallest absolute Gasteiger partial charge is 0.323 e. The second kappa shape index (κ2) is 22.9. The second-order valence-electron chi connectivity index (χ2n) is 16.1. The van der Waals surface area contributed by atoms with E-state index in [1.165, 1.54) is 0 Å². The summed E-state index contributed by atoms with van der Waals surface area (Å²) in [4.78, 5) is 27.4. The average molecular weight is 1050 g/mol. The maximum atomic E-state index is 12.5. The summed E-state index contributed by atoms with van der Waals surface area (Å²) in [7, 11) is 5.92.